The van der Waals surface area contributed by atoms with Crippen molar-refractivity contribution in [3.05, 3.63) is 28.8 Å². The molecular weight excluding hydrogens is 261 g/mol. The smallest absolute Gasteiger partial charge is 0.208 e. The third kappa shape index (κ3) is 2.04. The zero-order chi connectivity index (χ0) is 10.7. The lowest BCUT2D eigenvalue weighted by molar-refractivity contribution is 0.144. The fourth-order valence-corrected chi connectivity index (χ4v) is 1.44. The molecule has 0 aromatic carbocycles. The Balaban J connectivity index is 3.36. The molecule has 0 bridgehead atoms. The molecule has 0 aliphatic rings. The number of halogens is 4. The molecule has 0 amide bonds. The molecule has 1 aromatic rings. The molecule has 0 aliphatic heterocycles. The molecule has 1 aromatic heterocycles. The summed E-state index contributed by atoms with van der Waals surface area (Å²) < 4.78 is 37.6. The Morgan fingerprint density at radius 2 is 2.21 bits per heavy atom. The number of hydrogen-bond donors (Lipinski definition) is 0. The molecule has 0 N–H and O–H groups in total. The summed E-state index contributed by atoms with van der Waals surface area (Å²) in [6, 6.07) is 2.73. The first-order chi connectivity index (χ1) is 6.60. The van der Waals surface area contributed by atoms with Crippen molar-refractivity contribution >= 4 is 15.9 Å². The van der Waals surface area contributed by atoms with E-state index in [0.717, 1.165) is 6.07 Å². The fourth-order valence-electron chi connectivity index (χ4n) is 0.972. The number of nitriles is 1. The van der Waals surface area contributed by atoms with Crippen molar-refractivity contribution in [2.75, 3.05) is 0 Å². The first kappa shape index (κ1) is 11.0. The van der Waals surface area contributed by atoms with Crippen molar-refractivity contribution in [3.63, 3.8) is 0 Å². The summed E-state index contributed by atoms with van der Waals surface area (Å²) in [5.74, 6) is -1.28. The van der Waals surface area contributed by atoms with E-state index >= 15 is 0 Å². The average Bonchev–Trinajstić information content (AvgIpc) is 2.15. The molecule has 0 fully saturated rings. The number of pyridine rings is 1. The zero-order valence-electron chi connectivity index (χ0n) is 6.77. The third-order valence-corrected chi connectivity index (χ3v) is 2.18. The molecule has 0 saturated heterocycles. The summed E-state index contributed by atoms with van der Waals surface area (Å²) in [4.78, 5) is 3.09. The van der Waals surface area contributed by atoms with Crippen LogP contribution in [0.1, 0.15) is 23.2 Å². The van der Waals surface area contributed by atoms with Crippen LogP contribution in [0, 0.1) is 17.3 Å². The van der Waals surface area contributed by atoms with Gasteiger partial charge in [0.25, 0.3) is 6.43 Å². The zero-order valence-corrected chi connectivity index (χ0v) is 8.35. The minimum absolute atomic E-state index is 0.0454. The standard InChI is InChI=1S/C8H4BrF3N2/c9-2-4-1-5(3-13)14-8(12)6(4)7(10)11/h1,7H,2H2. The fraction of sp³-hybridized carbons (Fsp3) is 0.250. The van der Waals surface area contributed by atoms with Gasteiger partial charge in [-0.1, -0.05) is 15.9 Å². The molecule has 1 rings (SSSR count). The second-order valence-corrected chi connectivity index (χ2v) is 2.98. The van der Waals surface area contributed by atoms with Gasteiger partial charge in [-0.15, -0.1) is 0 Å². The quantitative estimate of drug-likeness (QED) is 0.609. The van der Waals surface area contributed by atoms with Crippen LogP contribution in [0.5, 0.6) is 0 Å². The van der Waals surface area contributed by atoms with Crippen LogP contribution in [0.15, 0.2) is 6.07 Å². The van der Waals surface area contributed by atoms with Crippen LogP contribution in [-0.4, -0.2) is 4.98 Å². The molecule has 0 saturated carbocycles. The number of hydrogen-bond acceptors (Lipinski definition) is 2. The van der Waals surface area contributed by atoms with Crippen molar-refractivity contribution in [1.29, 1.82) is 5.26 Å². The molecule has 0 radical (unpaired) electrons. The minimum atomic E-state index is -2.93. The van der Waals surface area contributed by atoms with E-state index in [9.17, 15) is 13.2 Å². The summed E-state index contributed by atoms with van der Waals surface area (Å²) in [5.41, 5.74) is -0.911. The van der Waals surface area contributed by atoms with Crippen LogP contribution in [0.2, 0.25) is 0 Å². The van der Waals surface area contributed by atoms with Crippen LogP contribution in [0.4, 0.5) is 13.2 Å². The molecule has 14 heavy (non-hydrogen) atoms. The Bertz CT molecular complexity index is 387. The first-order valence-electron chi connectivity index (χ1n) is 3.53. The van der Waals surface area contributed by atoms with Crippen molar-refractivity contribution in [2.24, 2.45) is 0 Å². The van der Waals surface area contributed by atoms with Gasteiger partial charge in [0.1, 0.15) is 11.8 Å². The predicted octanol–water partition coefficient (Wildman–Crippen LogP) is 2.92. The Hall–Kier alpha value is -1.09. The van der Waals surface area contributed by atoms with E-state index in [1.165, 1.54) is 0 Å². The summed E-state index contributed by atoms with van der Waals surface area (Å²) in [6.45, 7) is 0. The predicted molar refractivity (Wildman–Crippen MR) is 46.5 cm³/mol. The molecule has 0 aliphatic carbocycles. The van der Waals surface area contributed by atoms with E-state index in [1.807, 2.05) is 0 Å². The van der Waals surface area contributed by atoms with Crippen LogP contribution >= 0.6 is 15.9 Å². The van der Waals surface area contributed by atoms with Crippen molar-refractivity contribution in [2.45, 2.75) is 11.8 Å². The molecule has 0 atom stereocenters. The summed E-state index contributed by atoms with van der Waals surface area (Å²) in [5, 5.41) is 8.49. The average molecular weight is 265 g/mol. The van der Waals surface area contributed by atoms with Gasteiger partial charge in [-0.2, -0.15) is 9.65 Å². The molecule has 6 heteroatoms. The maximum Gasteiger partial charge on any atom is 0.268 e. The van der Waals surface area contributed by atoms with Crippen molar-refractivity contribution in [3.8, 4) is 6.07 Å². The Morgan fingerprint density at radius 3 is 2.64 bits per heavy atom. The maximum atomic E-state index is 13.0. The summed E-state index contributed by atoms with van der Waals surface area (Å²) >= 11 is 2.94. The highest BCUT2D eigenvalue weighted by atomic mass is 79.9. The molecule has 2 nitrogen and oxygen atoms in total. The van der Waals surface area contributed by atoms with Gasteiger partial charge in [0.2, 0.25) is 5.95 Å². The molecule has 0 spiro atoms. The van der Waals surface area contributed by atoms with Crippen molar-refractivity contribution in [1.82, 2.24) is 4.98 Å². The number of nitrogens with zero attached hydrogens (tertiary/aromatic N) is 2. The lowest BCUT2D eigenvalue weighted by Crippen LogP contribution is -2.02. The van der Waals surface area contributed by atoms with Gasteiger partial charge in [0, 0.05) is 5.33 Å². The maximum absolute atomic E-state index is 13.0. The Morgan fingerprint density at radius 1 is 1.57 bits per heavy atom. The van der Waals surface area contributed by atoms with Gasteiger partial charge < -0.3 is 0 Å². The topological polar surface area (TPSA) is 36.7 Å². The van der Waals surface area contributed by atoms with E-state index in [0.29, 0.717) is 0 Å². The normalized spacial score (nSPS) is 10.3. The summed E-state index contributed by atoms with van der Waals surface area (Å²) in [6.07, 6.45) is -2.93. The van der Waals surface area contributed by atoms with E-state index in [1.54, 1.807) is 6.07 Å². The molecule has 0 unspecified atom stereocenters. The SMILES string of the molecule is N#Cc1cc(CBr)c(C(F)F)c(F)n1. The number of alkyl halides is 3. The lowest BCUT2D eigenvalue weighted by atomic mass is 10.1. The van der Waals surface area contributed by atoms with E-state index < -0.39 is 17.9 Å². The Kier molecular flexibility index (Phi) is 3.47. The first-order valence-corrected chi connectivity index (χ1v) is 4.65. The van der Waals surface area contributed by atoms with E-state index in [4.69, 9.17) is 5.26 Å². The number of aromatic nitrogens is 1. The van der Waals surface area contributed by atoms with Crippen LogP contribution < -0.4 is 0 Å². The number of rotatable bonds is 2. The third-order valence-electron chi connectivity index (χ3n) is 1.57. The monoisotopic (exact) mass is 264 g/mol. The Labute approximate surface area is 86.5 Å². The van der Waals surface area contributed by atoms with Gasteiger partial charge in [-0.05, 0) is 11.6 Å². The molecule has 1 heterocycles. The highest BCUT2D eigenvalue weighted by Gasteiger charge is 2.20. The van der Waals surface area contributed by atoms with Gasteiger partial charge in [-0.3, -0.25) is 0 Å². The van der Waals surface area contributed by atoms with Crippen LogP contribution in [0.25, 0.3) is 0 Å². The second-order valence-electron chi connectivity index (χ2n) is 2.42. The van der Waals surface area contributed by atoms with Crippen LogP contribution in [0.3, 0.4) is 0 Å². The van der Waals surface area contributed by atoms with Crippen LogP contribution in [-0.2, 0) is 5.33 Å². The highest BCUT2D eigenvalue weighted by Crippen LogP contribution is 2.26. The molecular formula is C8H4BrF3N2. The van der Waals surface area contributed by atoms with Gasteiger partial charge in [0.05, 0.1) is 5.56 Å². The highest BCUT2D eigenvalue weighted by molar-refractivity contribution is 9.08. The van der Waals surface area contributed by atoms with Crippen molar-refractivity contribution < 1.29 is 13.2 Å². The minimum Gasteiger partial charge on any atom is -0.208 e. The lowest BCUT2D eigenvalue weighted by Gasteiger charge is -2.06. The van der Waals surface area contributed by atoms with Gasteiger partial charge in [0.15, 0.2) is 0 Å². The largest absolute Gasteiger partial charge is 0.268 e. The van der Waals surface area contributed by atoms with Gasteiger partial charge >= 0.3 is 0 Å². The summed E-state index contributed by atoms with van der Waals surface area (Å²) in [7, 11) is 0. The second kappa shape index (κ2) is 4.42. The van der Waals surface area contributed by atoms with Gasteiger partial charge in [-0.25, -0.2) is 13.8 Å². The van der Waals surface area contributed by atoms with E-state index in [2.05, 4.69) is 20.9 Å². The van der Waals surface area contributed by atoms with E-state index in [-0.39, 0.29) is 16.6 Å². The molecule has 74 valence electrons.